The van der Waals surface area contributed by atoms with Gasteiger partial charge in [0.15, 0.2) is 0 Å². The SMILES string of the molecule is c1ccc(-c2ccc(-c3c4ccccc4c(-c4cccc5oc6c(-c7c8ccccc8c(-c8ccc9oc%10cc%11ccccc%11cc%10c9c8)c8ccccc78)cccc6c45)c4ccccc34)c3ccccc23)cc1. The molecule has 2 heteroatoms. The van der Waals surface area contributed by atoms with Crippen molar-refractivity contribution in [3.8, 4) is 55.6 Å². The second kappa shape index (κ2) is 15.9. The molecule has 0 aliphatic heterocycles. The van der Waals surface area contributed by atoms with E-state index in [9.17, 15) is 0 Å². The highest BCUT2D eigenvalue weighted by Gasteiger charge is 2.25. The van der Waals surface area contributed by atoms with Crippen LogP contribution in [0.25, 0.3) is 164 Å². The third-order valence-corrected chi connectivity index (χ3v) is 15.8. The predicted octanol–water partition coefficient (Wildman–Crippen LogP) is 20.7. The van der Waals surface area contributed by atoms with Crippen LogP contribution in [-0.2, 0) is 0 Å². The van der Waals surface area contributed by atoms with Gasteiger partial charge in [0.25, 0.3) is 0 Å². The summed E-state index contributed by atoms with van der Waals surface area (Å²) in [6.45, 7) is 0. The number of rotatable bonds is 5. The molecule has 0 aliphatic rings. The van der Waals surface area contributed by atoms with Crippen molar-refractivity contribution in [2.75, 3.05) is 0 Å². The largest absolute Gasteiger partial charge is 0.456 e. The summed E-state index contributed by atoms with van der Waals surface area (Å²) < 4.78 is 13.7. The first-order chi connectivity index (χ1) is 36.7. The molecule has 2 heterocycles. The van der Waals surface area contributed by atoms with E-state index in [2.05, 4.69) is 255 Å². The Labute approximate surface area is 425 Å². The molecule has 0 spiro atoms. The van der Waals surface area contributed by atoms with Crippen molar-refractivity contribution in [2.45, 2.75) is 0 Å². The summed E-state index contributed by atoms with van der Waals surface area (Å²) >= 11 is 0. The zero-order chi connectivity index (χ0) is 48.4. The number of hydrogen-bond acceptors (Lipinski definition) is 2. The Morgan fingerprint density at radius 3 is 1.30 bits per heavy atom. The minimum absolute atomic E-state index is 0.864. The molecule has 16 aromatic rings. The van der Waals surface area contributed by atoms with Crippen LogP contribution in [0.1, 0.15) is 0 Å². The van der Waals surface area contributed by atoms with Gasteiger partial charge in [-0.3, -0.25) is 0 Å². The first-order valence-corrected chi connectivity index (χ1v) is 25.5. The second-order valence-electron chi connectivity index (χ2n) is 19.7. The minimum Gasteiger partial charge on any atom is -0.456 e. The topological polar surface area (TPSA) is 26.3 Å². The van der Waals surface area contributed by atoms with Gasteiger partial charge in [0.1, 0.15) is 22.3 Å². The third-order valence-electron chi connectivity index (χ3n) is 15.8. The van der Waals surface area contributed by atoms with E-state index in [0.717, 1.165) is 60.6 Å². The van der Waals surface area contributed by atoms with E-state index in [4.69, 9.17) is 8.83 Å². The van der Waals surface area contributed by atoms with Gasteiger partial charge in [-0.2, -0.15) is 0 Å². The van der Waals surface area contributed by atoms with E-state index in [1.807, 2.05) is 0 Å². The van der Waals surface area contributed by atoms with Crippen molar-refractivity contribution in [3.05, 3.63) is 255 Å². The molecule has 0 bridgehead atoms. The van der Waals surface area contributed by atoms with Crippen molar-refractivity contribution < 1.29 is 8.83 Å². The van der Waals surface area contributed by atoms with Crippen LogP contribution >= 0.6 is 0 Å². The molecule has 0 saturated carbocycles. The van der Waals surface area contributed by atoms with E-state index in [1.54, 1.807) is 0 Å². The zero-order valence-electron chi connectivity index (χ0n) is 40.1. The molecule has 2 aromatic heterocycles. The number of fused-ring (bicyclic) bond motifs is 12. The number of para-hydroxylation sites is 1. The maximum absolute atomic E-state index is 7.23. The number of benzene rings is 14. The molecular formula is C72H42O2. The standard InChI is InChI=1S/C72H42O2/c1-2-18-43(19-3-1)47-37-38-58(49-23-7-6-22-48(47)49)68-54-28-12-14-30-56(54)69(57-31-15-13-29-55(57)68)59-32-17-35-65-71(59)61-34-16-33-60(72(61)74-65)70-52-26-10-8-24-50(52)67(51-25-9-11-27-53(51)70)46-36-39-64-62(41-46)63-40-44-20-4-5-21-45(44)42-66(63)73-64/h1-42H. The van der Waals surface area contributed by atoms with Crippen molar-refractivity contribution in [1.82, 2.24) is 0 Å². The molecule has 0 N–H and O–H groups in total. The van der Waals surface area contributed by atoms with Crippen LogP contribution in [0.3, 0.4) is 0 Å². The van der Waals surface area contributed by atoms with Gasteiger partial charge >= 0.3 is 0 Å². The number of furan rings is 2. The summed E-state index contributed by atoms with van der Waals surface area (Å²) in [6, 6.07) is 93.0. The van der Waals surface area contributed by atoms with Gasteiger partial charge in [-0.15, -0.1) is 0 Å². The Balaban J connectivity index is 0.919. The molecule has 0 atom stereocenters. The number of hydrogen-bond donors (Lipinski definition) is 0. The summed E-state index contributed by atoms with van der Waals surface area (Å²) in [6.07, 6.45) is 0. The summed E-state index contributed by atoms with van der Waals surface area (Å²) in [5.41, 5.74) is 15.4. The van der Waals surface area contributed by atoms with E-state index < -0.39 is 0 Å². The molecule has 0 amide bonds. The summed E-state index contributed by atoms with van der Waals surface area (Å²) in [5.74, 6) is 0. The van der Waals surface area contributed by atoms with Crippen LogP contribution in [-0.4, -0.2) is 0 Å². The molecule has 0 aliphatic carbocycles. The lowest BCUT2D eigenvalue weighted by Crippen LogP contribution is -1.93. The van der Waals surface area contributed by atoms with E-state index >= 15 is 0 Å². The molecule has 342 valence electrons. The maximum atomic E-state index is 7.23. The molecule has 0 saturated heterocycles. The molecular weight excluding hydrogens is 897 g/mol. The molecule has 14 aromatic carbocycles. The third kappa shape index (κ3) is 5.94. The van der Waals surface area contributed by atoms with Crippen LogP contribution in [0.2, 0.25) is 0 Å². The first kappa shape index (κ1) is 40.9. The highest BCUT2D eigenvalue weighted by molar-refractivity contribution is 6.29. The lowest BCUT2D eigenvalue weighted by atomic mass is 9.83. The van der Waals surface area contributed by atoms with Crippen molar-refractivity contribution in [2.24, 2.45) is 0 Å². The van der Waals surface area contributed by atoms with E-state index in [0.29, 0.717) is 0 Å². The van der Waals surface area contributed by atoms with Crippen molar-refractivity contribution >= 4 is 109 Å². The fourth-order valence-corrected chi connectivity index (χ4v) is 12.7. The molecule has 2 nitrogen and oxygen atoms in total. The molecule has 0 radical (unpaired) electrons. The first-order valence-electron chi connectivity index (χ1n) is 25.5. The molecule has 0 fully saturated rings. The summed E-state index contributed by atoms with van der Waals surface area (Å²) in [7, 11) is 0. The average molecular weight is 939 g/mol. The molecule has 74 heavy (non-hydrogen) atoms. The second-order valence-corrected chi connectivity index (χ2v) is 19.7. The van der Waals surface area contributed by atoms with Gasteiger partial charge in [0.2, 0.25) is 0 Å². The summed E-state index contributed by atoms with van der Waals surface area (Å²) in [4.78, 5) is 0. The van der Waals surface area contributed by atoms with Crippen LogP contribution < -0.4 is 0 Å². The van der Waals surface area contributed by atoms with Gasteiger partial charge in [-0.25, -0.2) is 0 Å². The lowest BCUT2D eigenvalue weighted by Gasteiger charge is -2.20. The van der Waals surface area contributed by atoms with Crippen LogP contribution in [0.5, 0.6) is 0 Å². The maximum Gasteiger partial charge on any atom is 0.143 e. The van der Waals surface area contributed by atoms with Gasteiger partial charge in [0.05, 0.1) is 0 Å². The van der Waals surface area contributed by atoms with Crippen LogP contribution in [0.4, 0.5) is 0 Å². The van der Waals surface area contributed by atoms with Crippen molar-refractivity contribution in [1.29, 1.82) is 0 Å². The fraction of sp³-hybridized carbons (Fsp3) is 0. The predicted molar refractivity (Wildman–Crippen MR) is 313 cm³/mol. The molecule has 16 rings (SSSR count). The van der Waals surface area contributed by atoms with Crippen LogP contribution in [0.15, 0.2) is 264 Å². The normalized spacial score (nSPS) is 12.1. The molecule has 0 unspecified atom stereocenters. The Bertz CT molecular complexity index is 4900. The zero-order valence-corrected chi connectivity index (χ0v) is 40.1. The summed E-state index contributed by atoms with van der Waals surface area (Å²) in [5, 5.41) is 18.9. The average Bonchev–Trinajstić information content (AvgIpc) is 4.03. The highest BCUT2D eigenvalue weighted by Crippen LogP contribution is 2.51. The highest BCUT2D eigenvalue weighted by atomic mass is 16.3. The van der Waals surface area contributed by atoms with Crippen LogP contribution in [0, 0.1) is 0 Å². The Morgan fingerprint density at radius 2 is 0.662 bits per heavy atom. The minimum atomic E-state index is 0.864. The smallest absolute Gasteiger partial charge is 0.143 e. The monoisotopic (exact) mass is 938 g/mol. The Morgan fingerprint density at radius 1 is 0.203 bits per heavy atom. The quantitative estimate of drug-likeness (QED) is 0.161. The Kier molecular flexibility index (Phi) is 8.78. The Hall–Kier alpha value is -9.76. The van der Waals surface area contributed by atoms with Gasteiger partial charge in [-0.05, 0) is 139 Å². The van der Waals surface area contributed by atoms with E-state index in [1.165, 1.54) is 104 Å². The lowest BCUT2D eigenvalue weighted by molar-refractivity contribution is 0.669. The van der Waals surface area contributed by atoms with Crippen molar-refractivity contribution in [3.63, 3.8) is 0 Å². The fourth-order valence-electron chi connectivity index (χ4n) is 12.7. The van der Waals surface area contributed by atoms with E-state index in [-0.39, 0.29) is 0 Å². The van der Waals surface area contributed by atoms with Gasteiger partial charge < -0.3 is 8.83 Å². The van der Waals surface area contributed by atoms with Gasteiger partial charge in [0, 0.05) is 32.7 Å². The van der Waals surface area contributed by atoms with Gasteiger partial charge in [-0.1, -0.05) is 224 Å².